The van der Waals surface area contributed by atoms with Crippen LogP contribution in [0.4, 0.5) is 4.79 Å². The van der Waals surface area contributed by atoms with Gasteiger partial charge in [0.1, 0.15) is 12.1 Å². The molecule has 1 aliphatic rings. The Morgan fingerprint density at radius 1 is 1.37 bits per heavy atom. The van der Waals surface area contributed by atoms with Crippen LogP contribution in [0.25, 0.3) is 0 Å². The molecule has 0 saturated carbocycles. The molecule has 1 aliphatic heterocycles. The second-order valence-electron chi connectivity index (χ2n) is 8.39. The number of hydrogen-bond acceptors (Lipinski definition) is 5. The zero-order valence-electron chi connectivity index (χ0n) is 17.2. The number of nitrogens with zero attached hydrogens (tertiary/aromatic N) is 2. The number of ether oxygens (including phenoxy) is 1. The number of hydrogen-bond donors (Lipinski definition) is 1. The van der Waals surface area contributed by atoms with E-state index in [0.717, 1.165) is 19.0 Å². The average Bonchev–Trinajstić information content (AvgIpc) is 3.09. The molecule has 1 unspecified atom stereocenters. The van der Waals surface area contributed by atoms with Crippen LogP contribution in [-0.4, -0.2) is 60.6 Å². The van der Waals surface area contributed by atoms with Gasteiger partial charge in [0.05, 0.1) is 6.04 Å². The number of amides is 2. The molecule has 1 fully saturated rings. The summed E-state index contributed by atoms with van der Waals surface area (Å²) in [5.74, 6) is 0.595. The maximum atomic E-state index is 12.4. The highest BCUT2D eigenvalue weighted by Gasteiger charge is 2.26. The zero-order chi connectivity index (χ0) is 20.0. The van der Waals surface area contributed by atoms with Crippen molar-refractivity contribution in [3.63, 3.8) is 0 Å². The Hall–Kier alpha value is -1.60. The lowest BCUT2D eigenvalue weighted by atomic mass is 9.97. The van der Waals surface area contributed by atoms with Crippen molar-refractivity contribution < 1.29 is 14.3 Å². The molecule has 1 atom stereocenters. The van der Waals surface area contributed by atoms with Crippen molar-refractivity contribution in [3.8, 4) is 0 Å². The van der Waals surface area contributed by atoms with Crippen molar-refractivity contribution in [2.45, 2.75) is 52.2 Å². The lowest BCUT2D eigenvalue weighted by Gasteiger charge is -2.36. The highest BCUT2D eigenvalue weighted by molar-refractivity contribution is 7.10. The molecule has 152 valence electrons. The summed E-state index contributed by atoms with van der Waals surface area (Å²) in [6.45, 7) is 10.4. The van der Waals surface area contributed by atoms with Crippen LogP contribution in [0.3, 0.4) is 0 Å². The van der Waals surface area contributed by atoms with E-state index in [9.17, 15) is 9.59 Å². The van der Waals surface area contributed by atoms with E-state index in [1.807, 2.05) is 20.8 Å². The minimum absolute atomic E-state index is 0.0108. The summed E-state index contributed by atoms with van der Waals surface area (Å²) >= 11 is 1.72. The topological polar surface area (TPSA) is 61.9 Å². The maximum absolute atomic E-state index is 12.4. The summed E-state index contributed by atoms with van der Waals surface area (Å²) in [5, 5.41) is 5.08. The smallest absolute Gasteiger partial charge is 0.410 e. The van der Waals surface area contributed by atoms with Crippen molar-refractivity contribution in [1.29, 1.82) is 0 Å². The fourth-order valence-electron chi connectivity index (χ4n) is 3.12. The van der Waals surface area contributed by atoms with E-state index in [1.54, 1.807) is 18.4 Å². The summed E-state index contributed by atoms with van der Waals surface area (Å²) in [5.41, 5.74) is -0.572. The standard InChI is InChI=1S/C20H33N3O3S/c1-15-8-10-23(11-9-15)16(17-7-6-12-27-17)13-21-18(24)14-22(5)19(25)26-20(2,3)4/h6-7,12,15-16H,8-11,13-14H2,1-5H3,(H,21,24). The normalized spacial score (nSPS) is 17.4. The SMILES string of the molecule is CC1CCN(C(CNC(=O)CN(C)C(=O)OC(C)(C)C)c2cccs2)CC1. The monoisotopic (exact) mass is 395 g/mol. The van der Waals surface area contributed by atoms with Crippen molar-refractivity contribution in [2.75, 3.05) is 33.2 Å². The predicted octanol–water partition coefficient (Wildman–Crippen LogP) is 3.50. The number of nitrogens with one attached hydrogen (secondary N) is 1. The Kier molecular flexibility index (Phi) is 7.68. The molecule has 1 aromatic rings. The van der Waals surface area contributed by atoms with E-state index in [1.165, 1.54) is 22.6 Å². The van der Waals surface area contributed by atoms with Gasteiger partial charge < -0.3 is 15.0 Å². The van der Waals surface area contributed by atoms with Crippen LogP contribution in [0.15, 0.2) is 17.5 Å². The summed E-state index contributed by atoms with van der Waals surface area (Å²) in [7, 11) is 1.58. The molecule has 7 heteroatoms. The number of rotatable bonds is 6. The molecule has 2 heterocycles. The summed E-state index contributed by atoms with van der Waals surface area (Å²) in [4.78, 5) is 29.4. The molecular weight excluding hydrogens is 362 g/mol. The fraction of sp³-hybridized carbons (Fsp3) is 0.700. The van der Waals surface area contributed by atoms with Crippen LogP contribution in [-0.2, 0) is 9.53 Å². The highest BCUT2D eigenvalue weighted by Crippen LogP contribution is 2.29. The average molecular weight is 396 g/mol. The van der Waals surface area contributed by atoms with E-state index in [0.29, 0.717) is 6.54 Å². The van der Waals surface area contributed by atoms with E-state index in [-0.39, 0.29) is 18.5 Å². The van der Waals surface area contributed by atoms with Crippen LogP contribution in [0.5, 0.6) is 0 Å². The first kappa shape index (κ1) is 21.7. The first-order valence-corrected chi connectivity index (χ1v) is 10.5. The quantitative estimate of drug-likeness (QED) is 0.801. The third-order valence-electron chi connectivity index (χ3n) is 4.71. The number of piperidine rings is 1. The summed E-state index contributed by atoms with van der Waals surface area (Å²) < 4.78 is 5.29. The van der Waals surface area contributed by atoms with E-state index in [2.05, 4.69) is 34.7 Å². The Morgan fingerprint density at radius 3 is 2.59 bits per heavy atom. The Morgan fingerprint density at radius 2 is 2.04 bits per heavy atom. The number of likely N-dealkylation sites (N-methyl/N-ethyl adjacent to an activating group) is 1. The molecule has 2 rings (SSSR count). The van der Waals surface area contributed by atoms with Gasteiger partial charge in [0.25, 0.3) is 0 Å². The molecule has 27 heavy (non-hydrogen) atoms. The van der Waals surface area contributed by atoms with Crippen LogP contribution in [0.2, 0.25) is 0 Å². The number of carbonyl (C=O) groups is 2. The van der Waals surface area contributed by atoms with Crippen molar-refractivity contribution in [3.05, 3.63) is 22.4 Å². The Bertz CT molecular complexity index is 604. The number of likely N-dealkylation sites (tertiary alicyclic amines) is 1. The molecule has 0 spiro atoms. The van der Waals surface area contributed by atoms with E-state index < -0.39 is 11.7 Å². The van der Waals surface area contributed by atoms with Crippen LogP contribution in [0.1, 0.15) is 51.5 Å². The highest BCUT2D eigenvalue weighted by atomic mass is 32.1. The molecule has 0 aliphatic carbocycles. The molecule has 0 aromatic carbocycles. The molecule has 0 radical (unpaired) electrons. The van der Waals surface area contributed by atoms with Gasteiger partial charge in [0.15, 0.2) is 0 Å². The molecule has 1 saturated heterocycles. The summed E-state index contributed by atoms with van der Waals surface area (Å²) in [6, 6.07) is 4.37. The summed E-state index contributed by atoms with van der Waals surface area (Å²) in [6.07, 6.45) is 1.89. The molecule has 6 nitrogen and oxygen atoms in total. The van der Waals surface area contributed by atoms with Crippen molar-refractivity contribution >= 4 is 23.3 Å². The van der Waals surface area contributed by atoms with Crippen molar-refractivity contribution in [1.82, 2.24) is 15.1 Å². The lowest BCUT2D eigenvalue weighted by molar-refractivity contribution is -0.122. The first-order valence-electron chi connectivity index (χ1n) is 9.64. The lowest BCUT2D eigenvalue weighted by Crippen LogP contribution is -2.45. The molecule has 0 bridgehead atoms. The molecule has 2 amide bonds. The maximum Gasteiger partial charge on any atom is 0.410 e. The molecule has 1 aromatic heterocycles. The minimum atomic E-state index is -0.572. The first-order chi connectivity index (χ1) is 12.7. The Labute approximate surface area is 166 Å². The van der Waals surface area contributed by atoms with Gasteiger partial charge in [0.2, 0.25) is 5.91 Å². The molecule has 1 N–H and O–H groups in total. The van der Waals surface area contributed by atoms with Gasteiger partial charge in [-0.3, -0.25) is 9.69 Å². The second kappa shape index (κ2) is 9.55. The van der Waals surface area contributed by atoms with Gasteiger partial charge in [-0.15, -0.1) is 11.3 Å². The number of thiophene rings is 1. The van der Waals surface area contributed by atoms with Crippen LogP contribution < -0.4 is 5.32 Å². The van der Waals surface area contributed by atoms with Crippen molar-refractivity contribution in [2.24, 2.45) is 5.92 Å². The van der Waals surface area contributed by atoms with Gasteiger partial charge >= 0.3 is 6.09 Å². The van der Waals surface area contributed by atoms with Crippen LogP contribution in [0, 0.1) is 5.92 Å². The zero-order valence-corrected chi connectivity index (χ0v) is 18.0. The second-order valence-corrected chi connectivity index (χ2v) is 9.37. The minimum Gasteiger partial charge on any atom is -0.444 e. The van der Waals surface area contributed by atoms with Gasteiger partial charge in [0, 0.05) is 18.5 Å². The Balaban J connectivity index is 1.88. The van der Waals surface area contributed by atoms with E-state index in [4.69, 9.17) is 4.74 Å². The van der Waals surface area contributed by atoms with Crippen LogP contribution >= 0.6 is 11.3 Å². The third-order valence-corrected chi connectivity index (χ3v) is 5.68. The number of carbonyl (C=O) groups excluding carboxylic acids is 2. The van der Waals surface area contributed by atoms with Gasteiger partial charge in [-0.1, -0.05) is 13.0 Å². The van der Waals surface area contributed by atoms with Gasteiger partial charge in [-0.25, -0.2) is 4.79 Å². The molecular formula is C20H33N3O3S. The van der Waals surface area contributed by atoms with Gasteiger partial charge in [-0.2, -0.15) is 0 Å². The largest absolute Gasteiger partial charge is 0.444 e. The third kappa shape index (κ3) is 7.14. The predicted molar refractivity (Wildman–Crippen MR) is 109 cm³/mol. The van der Waals surface area contributed by atoms with E-state index >= 15 is 0 Å². The van der Waals surface area contributed by atoms with Gasteiger partial charge in [-0.05, 0) is 64.1 Å². The fourth-order valence-corrected chi connectivity index (χ4v) is 3.98.